The maximum atomic E-state index is 10.4. The van der Waals surface area contributed by atoms with Crippen LogP contribution in [0.2, 0.25) is 0 Å². The van der Waals surface area contributed by atoms with Crippen LogP contribution in [0.25, 0.3) is 9.69 Å². The molecule has 4 aromatic carbocycles. The van der Waals surface area contributed by atoms with Crippen LogP contribution >= 0.6 is 9.03 Å². The number of carbonyl (C=O) groups is 1. The van der Waals surface area contributed by atoms with E-state index < -0.39 is 4.92 Å². The van der Waals surface area contributed by atoms with E-state index in [0.29, 0.717) is 22.9 Å². The van der Waals surface area contributed by atoms with Crippen molar-refractivity contribution in [2.24, 2.45) is 4.74 Å². The molecule has 16 heteroatoms. The Morgan fingerprint density at radius 1 is 0.852 bits per heavy atom. The number of nitriles is 2. The maximum Gasteiger partial charge on any atom is 1.00 e. The number of carbonyl (C=O) groups excluding carboxylic acids is 1. The fraction of sp³-hybridized carbons (Fsp3) is 0.237. The van der Waals surface area contributed by atoms with E-state index in [0.717, 1.165) is 11.1 Å². The molecule has 0 fully saturated rings. The van der Waals surface area contributed by atoms with Crippen LogP contribution < -0.4 is 113 Å². The summed E-state index contributed by atoms with van der Waals surface area (Å²) in [6.45, 7) is 26.4. The summed E-state index contributed by atoms with van der Waals surface area (Å²) >= 11 is 0. The van der Waals surface area contributed by atoms with Gasteiger partial charge in [0.1, 0.15) is 28.4 Å². The fourth-order valence-corrected chi connectivity index (χ4v) is 3.82. The van der Waals surface area contributed by atoms with Crippen LogP contribution in [0.5, 0.6) is 17.2 Å². The van der Waals surface area contributed by atoms with Crippen molar-refractivity contribution in [3.63, 3.8) is 0 Å². The summed E-state index contributed by atoms with van der Waals surface area (Å²) in [7, 11) is 4.47. The smallest absolute Gasteiger partial charge is 1.00 e. The Bertz CT molecular complexity index is 2000. The Morgan fingerprint density at radius 3 is 1.67 bits per heavy atom. The fourth-order valence-electron chi connectivity index (χ4n) is 3.82. The van der Waals surface area contributed by atoms with Gasteiger partial charge in [-0.3, -0.25) is 19.7 Å². The number of nitro groups is 1. The minimum Gasteiger partial charge on any atom is -1.00 e. The van der Waals surface area contributed by atoms with Crippen molar-refractivity contribution < 1.29 is 134 Å². The third-order valence-corrected chi connectivity index (χ3v) is 6.37. The minimum absolute atomic E-state index is 0. The molecular weight excluding hydrogens is 762 g/mol. The van der Waals surface area contributed by atoms with Crippen LogP contribution in [0.1, 0.15) is 65.2 Å². The second-order valence-electron chi connectivity index (χ2n) is 12.1. The number of hydrogen-bond acceptors (Lipinski definition) is 10. The molecule has 0 spiro atoms. The number of nitro benzene ring substituents is 1. The van der Waals surface area contributed by atoms with Crippen LogP contribution in [0, 0.1) is 45.9 Å². The van der Waals surface area contributed by atoms with Gasteiger partial charge in [0.25, 0.3) is 12.2 Å². The number of benzene rings is 4. The van der Waals surface area contributed by atoms with Crippen LogP contribution in [0.4, 0.5) is 17.1 Å². The van der Waals surface area contributed by atoms with E-state index in [1.807, 2.05) is 42.5 Å². The Balaban J connectivity index is -0.000000332. The number of phenols is 1. The molecular formula is C38H39K2N6O7P. The molecule has 0 aliphatic carbocycles. The van der Waals surface area contributed by atoms with Gasteiger partial charge in [0, 0.05) is 13.1 Å². The van der Waals surface area contributed by atoms with Gasteiger partial charge in [-0.05, 0) is 61.3 Å². The Labute approximate surface area is 405 Å². The topological polar surface area (TPSA) is 191 Å². The van der Waals surface area contributed by atoms with E-state index in [1.165, 1.54) is 18.2 Å². The monoisotopic (exact) mass is 800 g/mol. The number of aromatic hydroxyl groups is 1. The van der Waals surface area contributed by atoms with Crippen molar-refractivity contribution in [3.8, 4) is 29.4 Å². The first-order valence-electron chi connectivity index (χ1n) is 15.0. The quantitative estimate of drug-likeness (QED) is 0.0613. The van der Waals surface area contributed by atoms with E-state index in [-0.39, 0.29) is 144 Å². The molecule has 0 aromatic heterocycles. The molecule has 0 amide bonds. The van der Waals surface area contributed by atoms with Crippen molar-refractivity contribution in [2.45, 2.75) is 52.4 Å². The molecule has 0 bridgehead atoms. The molecule has 0 heterocycles. The minimum atomic E-state index is -0.673. The van der Waals surface area contributed by atoms with Gasteiger partial charge in [0.2, 0.25) is 11.4 Å². The summed E-state index contributed by atoms with van der Waals surface area (Å²) in [5, 5.41) is 45.8. The summed E-state index contributed by atoms with van der Waals surface area (Å²) in [6, 6.07) is 27.9. The molecule has 4 rings (SSSR count). The van der Waals surface area contributed by atoms with Gasteiger partial charge in [-0.15, -0.1) is 0 Å². The van der Waals surface area contributed by atoms with Crippen LogP contribution in [-0.2, 0) is 20.5 Å². The average molecular weight is 801 g/mol. The van der Waals surface area contributed by atoms with Crippen molar-refractivity contribution >= 4 is 32.6 Å². The van der Waals surface area contributed by atoms with Crippen LogP contribution in [0.3, 0.4) is 0 Å². The van der Waals surface area contributed by atoms with Crippen molar-refractivity contribution in [2.75, 3.05) is 7.05 Å². The van der Waals surface area contributed by atoms with Crippen molar-refractivity contribution in [3.05, 3.63) is 140 Å². The molecule has 13 nitrogen and oxygen atoms in total. The second kappa shape index (κ2) is 29.0. The van der Waals surface area contributed by atoms with Gasteiger partial charge in [0.15, 0.2) is 0 Å². The summed E-state index contributed by atoms with van der Waals surface area (Å²) in [5.74, 6) is 1.43. The van der Waals surface area contributed by atoms with E-state index in [1.54, 1.807) is 43.4 Å². The van der Waals surface area contributed by atoms with Gasteiger partial charge < -0.3 is 21.4 Å². The summed E-state index contributed by atoms with van der Waals surface area (Å²) < 4.78 is 9.12. The molecule has 1 N–H and O–H groups in total. The molecule has 0 unspecified atom stereocenters. The average Bonchev–Trinajstić information content (AvgIpc) is 3.11. The zero-order valence-electron chi connectivity index (χ0n) is 32.7. The SMILES string of the molecule is CC(C)(C)c1cccc(O)c1.CN=P.O=CO[O-].[C-]#[N+]c1cccc(Oc2cccc(C(C)(C)C)c2)c1C#N.[C-]#[N+]c1cccc([N+](=O)[O-])c1C#N.[H-].[K+].[K+]. The normalized spacial score (nSPS) is 9.11. The molecule has 4 aromatic rings. The third-order valence-electron chi connectivity index (χ3n) is 6.37. The van der Waals surface area contributed by atoms with E-state index in [9.17, 15) is 20.5 Å². The Morgan fingerprint density at radius 2 is 1.28 bits per heavy atom. The maximum absolute atomic E-state index is 10.4. The van der Waals surface area contributed by atoms with Crippen LogP contribution in [-0.4, -0.2) is 23.5 Å². The summed E-state index contributed by atoms with van der Waals surface area (Å²) in [5.41, 5.74) is 2.55. The van der Waals surface area contributed by atoms with Gasteiger partial charge in [0.05, 0.1) is 30.2 Å². The van der Waals surface area contributed by atoms with Gasteiger partial charge in [-0.2, -0.15) is 10.5 Å². The number of nitrogens with zero attached hydrogens (tertiary/aromatic N) is 6. The third kappa shape index (κ3) is 20.4. The van der Waals surface area contributed by atoms with E-state index in [2.05, 4.69) is 69.9 Å². The van der Waals surface area contributed by atoms with Crippen molar-refractivity contribution in [1.29, 1.82) is 10.5 Å². The zero-order valence-corrected chi connectivity index (χ0v) is 39.0. The standard InChI is InChI=1S/C18H16N2O.C10H14O.C8H3N3O2.CH4NP.CH2O3.2K.H/c1-18(2,3)13-7-5-8-14(11-13)21-17-10-6-9-16(20-4)15(17)12-19;1-10(2,3)8-5-4-6-9(11)7-8;1-10-7-3-2-4-8(11(12)13)6(7)5-9;1-2-3;2-1-4-3;;;/h5-11H,1-3H3;4-7,11H,1-3H3;2-4H;3H,1H3;1,3H;;;/q;;;;;2*+1;-1/p-1. The molecule has 54 heavy (non-hydrogen) atoms. The first kappa shape index (κ1) is 55.0. The zero-order chi connectivity index (χ0) is 39.9. The summed E-state index contributed by atoms with van der Waals surface area (Å²) in [4.78, 5) is 27.3. The molecule has 0 aliphatic rings. The van der Waals surface area contributed by atoms with E-state index in [4.69, 9.17) is 33.2 Å². The van der Waals surface area contributed by atoms with Gasteiger partial charge in [-0.25, -0.2) is 9.69 Å². The van der Waals surface area contributed by atoms with Gasteiger partial charge >= 0.3 is 103 Å². The van der Waals surface area contributed by atoms with Gasteiger partial charge in [-0.1, -0.05) is 90.1 Å². The largest absolute Gasteiger partial charge is 1.00 e. The predicted octanol–water partition coefficient (Wildman–Crippen LogP) is 3.40. The van der Waals surface area contributed by atoms with E-state index >= 15 is 0 Å². The number of hydrogen-bond donors (Lipinski definition) is 1. The second-order valence-corrected chi connectivity index (χ2v) is 12.6. The first-order chi connectivity index (χ1) is 24.5. The molecule has 0 atom stereocenters. The summed E-state index contributed by atoms with van der Waals surface area (Å²) in [6.07, 6.45) is 0. The number of phenolic OH excluding ortho intramolecular Hbond substituents is 1. The first-order valence-corrected chi connectivity index (χ1v) is 15.4. The molecule has 0 aliphatic heterocycles. The Kier molecular flexibility index (Phi) is 29.5. The number of rotatable bonds is 4. The molecule has 0 saturated heterocycles. The predicted molar refractivity (Wildman–Crippen MR) is 198 cm³/mol. The van der Waals surface area contributed by atoms with Crippen LogP contribution in [0.15, 0.2) is 89.7 Å². The van der Waals surface area contributed by atoms with Crippen molar-refractivity contribution in [1.82, 2.24) is 0 Å². The molecule has 0 saturated carbocycles. The Hall–Kier alpha value is -3.36. The molecule has 270 valence electrons. The number of ether oxygens (including phenoxy) is 1. The molecule has 0 radical (unpaired) electrons.